The fourth-order valence-corrected chi connectivity index (χ4v) is 1.77. The summed E-state index contributed by atoms with van der Waals surface area (Å²) in [5.74, 6) is 0.441. The Morgan fingerprint density at radius 1 is 1.38 bits per heavy atom. The van der Waals surface area contributed by atoms with E-state index in [0.717, 1.165) is 5.75 Å². The number of benzene rings is 1. The van der Waals surface area contributed by atoms with E-state index in [2.05, 4.69) is 5.32 Å². The largest absolute Gasteiger partial charge is 0.492 e. The Balaban J connectivity index is 1.75. The molecule has 1 heterocycles. The molecule has 0 bridgehead atoms. The fourth-order valence-electron chi connectivity index (χ4n) is 1.77. The lowest BCUT2D eigenvalue weighted by Gasteiger charge is -2.14. The smallest absolute Gasteiger partial charge is 0.338 e. The second kappa shape index (κ2) is 6.95. The summed E-state index contributed by atoms with van der Waals surface area (Å²) in [6.07, 6.45) is 1.24. The molecule has 0 aliphatic heterocycles. The predicted octanol–water partition coefficient (Wildman–Crippen LogP) is 2.84. The van der Waals surface area contributed by atoms with E-state index in [-0.39, 0.29) is 11.6 Å². The van der Waals surface area contributed by atoms with Gasteiger partial charge in [-0.1, -0.05) is 17.7 Å². The van der Waals surface area contributed by atoms with Crippen LogP contribution in [0.15, 0.2) is 41.0 Å². The maximum atomic E-state index is 10.7. The van der Waals surface area contributed by atoms with Gasteiger partial charge >= 0.3 is 5.97 Å². The summed E-state index contributed by atoms with van der Waals surface area (Å²) < 4.78 is 10.8. The van der Waals surface area contributed by atoms with Gasteiger partial charge in [0, 0.05) is 6.04 Å². The predicted molar refractivity (Wildman–Crippen MR) is 78.6 cm³/mol. The highest BCUT2D eigenvalue weighted by Crippen LogP contribution is 2.12. The molecule has 0 saturated heterocycles. The van der Waals surface area contributed by atoms with E-state index in [4.69, 9.17) is 14.3 Å². The van der Waals surface area contributed by atoms with Crippen molar-refractivity contribution in [2.45, 2.75) is 26.4 Å². The minimum atomic E-state index is -0.985. The molecule has 0 spiro atoms. The Labute approximate surface area is 123 Å². The second-order valence-corrected chi connectivity index (χ2v) is 5.01. The van der Waals surface area contributed by atoms with E-state index >= 15 is 0 Å². The van der Waals surface area contributed by atoms with Crippen molar-refractivity contribution in [1.82, 2.24) is 5.32 Å². The van der Waals surface area contributed by atoms with Crippen LogP contribution in [-0.4, -0.2) is 23.7 Å². The number of carbonyl (C=O) groups is 1. The minimum absolute atomic E-state index is 0.115. The molecule has 0 saturated carbocycles. The van der Waals surface area contributed by atoms with Crippen LogP contribution in [0.4, 0.5) is 0 Å². The highest BCUT2D eigenvalue weighted by molar-refractivity contribution is 5.87. The van der Waals surface area contributed by atoms with Crippen molar-refractivity contribution in [3.8, 4) is 5.75 Å². The SMILES string of the molecule is Cc1ccc(OCC(C)NCc2cc(C(=O)O)co2)cc1. The van der Waals surface area contributed by atoms with Crippen LogP contribution in [0.5, 0.6) is 5.75 Å². The second-order valence-electron chi connectivity index (χ2n) is 5.01. The summed E-state index contributed by atoms with van der Waals surface area (Å²) in [6, 6.07) is 9.52. The molecule has 0 aliphatic carbocycles. The van der Waals surface area contributed by atoms with E-state index in [1.807, 2.05) is 38.1 Å². The molecule has 2 rings (SSSR count). The lowest BCUT2D eigenvalue weighted by molar-refractivity contribution is 0.0696. The van der Waals surface area contributed by atoms with Gasteiger partial charge in [-0.3, -0.25) is 0 Å². The molecule has 5 heteroatoms. The average molecular weight is 289 g/mol. The molecule has 0 radical (unpaired) electrons. The van der Waals surface area contributed by atoms with Crippen LogP contribution in [0.25, 0.3) is 0 Å². The molecule has 5 nitrogen and oxygen atoms in total. The number of nitrogens with one attached hydrogen (secondary N) is 1. The fraction of sp³-hybridized carbons (Fsp3) is 0.312. The lowest BCUT2D eigenvalue weighted by atomic mass is 10.2. The van der Waals surface area contributed by atoms with Gasteiger partial charge in [-0.25, -0.2) is 4.79 Å². The number of carboxylic acids is 1. The Bertz CT molecular complexity index is 589. The van der Waals surface area contributed by atoms with Crippen molar-refractivity contribution >= 4 is 5.97 Å². The van der Waals surface area contributed by atoms with Crippen molar-refractivity contribution in [2.75, 3.05) is 6.61 Å². The zero-order valence-electron chi connectivity index (χ0n) is 12.1. The van der Waals surface area contributed by atoms with Gasteiger partial charge in [0.2, 0.25) is 0 Å². The van der Waals surface area contributed by atoms with Crippen molar-refractivity contribution < 1.29 is 19.1 Å². The zero-order valence-corrected chi connectivity index (χ0v) is 12.1. The molecule has 21 heavy (non-hydrogen) atoms. The van der Waals surface area contributed by atoms with Gasteiger partial charge in [0.05, 0.1) is 12.1 Å². The molecule has 1 unspecified atom stereocenters. The normalized spacial score (nSPS) is 12.1. The Kier molecular flexibility index (Phi) is 5.00. The molecule has 0 aliphatic rings. The van der Waals surface area contributed by atoms with E-state index in [1.54, 1.807) is 0 Å². The van der Waals surface area contributed by atoms with E-state index in [9.17, 15) is 4.79 Å². The molecule has 1 aromatic heterocycles. The van der Waals surface area contributed by atoms with Gasteiger partial charge in [-0.15, -0.1) is 0 Å². The molecule has 0 fully saturated rings. The van der Waals surface area contributed by atoms with Gasteiger partial charge in [0.1, 0.15) is 24.4 Å². The monoisotopic (exact) mass is 289 g/mol. The lowest BCUT2D eigenvalue weighted by Crippen LogP contribution is -2.31. The van der Waals surface area contributed by atoms with Crippen molar-refractivity contribution in [1.29, 1.82) is 0 Å². The molecular weight excluding hydrogens is 270 g/mol. The first kappa shape index (κ1) is 15.1. The summed E-state index contributed by atoms with van der Waals surface area (Å²) in [6.45, 7) is 5.01. The number of hydrogen-bond acceptors (Lipinski definition) is 4. The van der Waals surface area contributed by atoms with Gasteiger partial charge in [-0.05, 0) is 32.0 Å². The summed E-state index contributed by atoms with van der Waals surface area (Å²) in [5, 5.41) is 12.0. The Hall–Kier alpha value is -2.27. The molecule has 1 aromatic carbocycles. The first-order valence-electron chi connectivity index (χ1n) is 6.78. The summed E-state index contributed by atoms with van der Waals surface area (Å²) in [7, 11) is 0. The van der Waals surface area contributed by atoms with Crippen LogP contribution in [-0.2, 0) is 6.54 Å². The van der Waals surface area contributed by atoms with Crippen molar-refractivity contribution in [2.24, 2.45) is 0 Å². The van der Waals surface area contributed by atoms with Gasteiger partial charge in [0.25, 0.3) is 0 Å². The molecule has 1 atom stereocenters. The Morgan fingerprint density at radius 3 is 2.71 bits per heavy atom. The van der Waals surface area contributed by atoms with Gasteiger partial charge < -0.3 is 19.6 Å². The third-order valence-corrected chi connectivity index (χ3v) is 3.05. The third-order valence-electron chi connectivity index (χ3n) is 3.05. The number of rotatable bonds is 7. The van der Waals surface area contributed by atoms with Crippen LogP contribution in [0.1, 0.15) is 28.6 Å². The number of hydrogen-bond donors (Lipinski definition) is 2. The number of ether oxygens (including phenoxy) is 1. The molecule has 112 valence electrons. The molecule has 0 amide bonds. The Morgan fingerprint density at radius 2 is 2.10 bits per heavy atom. The maximum absolute atomic E-state index is 10.7. The van der Waals surface area contributed by atoms with E-state index in [0.29, 0.717) is 18.9 Å². The maximum Gasteiger partial charge on any atom is 0.338 e. The summed E-state index contributed by atoms with van der Waals surface area (Å²) in [5.41, 5.74) is 1.36. The topological polar surface area (TPSA) is 71.7 Å². The van der Waals surface area contributed by atoms with E-state index in [1.165, 1.54) is 17.9 Å². The number of carboxylic acid groups (broad SMARTS) is 1. The number of aryl methyl sites for hydroxylation is 1. The quantitative estimate of drug-likeness (QED) is 0.820. The zero-order chi connectivity index (χ0) is 15.2. The van der Waals surface area contributed by atoms with Gasteiger partial charge in [-0.2, -0.15) is 0 Å². The van der Waals surface area contributed by atoms with E-state index < -0.39 is 5.97 Å². The van der Waals surface area contributed by atoms with Crippen LogP contribution < -0.4 is 10.1 Å². The first-order chi connectivity index (χ1) is 10.0. The summed E-state index contributed by atoms with van der Waals surface area (Å²) in [4.78, 5) is 10.7. The standard InChI is InChI=1S/C16H19NO4/c1-11-3-5-14(6-4-11)20-9-12(2)17-8-15-7-13(10-21-15)16(18)19/h3-7,10,12,17H,8-9H2,1-2H3,(H,18,19). The first-order valence-corrected chi connectivity index (χ1v) is 6.78. The van der Waals surface area contributed by atoms with Crippen LogP contribution in [0.3, 0.4) is 0 Å². The van der Waals surface area contributed by atoms with Crippen molar-refractivity contribution in [3.63, 3.8) is 0 Å². The minimum Gasteiger partial charge on any atom is -0.492 e. The van der Waals surface area contributed by atoms with Crippen LogP contribution in [0.2, 0.25) is 0 Å². The molecule has 2 aromatic rings. The number of furan rings is 1. The third kappa shape index (κ3) is 4.65. The van der Waals surface area contributed by atoms with Gasteiger partial charge in [0.15, 0.2) is 0 Å². The van der Waals surface area contributed by atoms with Crippen molar-refractivity contribution in [3.05, 3.63) is 53.5 Å². The molecular formula is C16H19NO4. The summed E-state index contributed by atoms with van der Waals surface area (Å²) >= 11 is 0. The molecule has 2 N–H and O–H groups in total. The average Bonchev–Trinajstić information content (AvgIpc) is 2.93. The van der Waals surface area contributed by atoms with Crippen LogP contribution in [0, 0.1) is 6.92 Å². The number of aromatic carboxylic acids is 1. The highest BCUT2D eigenvalue weighted by atomic mass is 16.5. The highest BCUT2D eigenvalue weighted by Gasteiger charge is 2.09. The van der Waals surface area contributed by atoms with Crippen LogP contribution >= 0.6 is 0 Å².